The summed E-state index contributed by atoms with van der Waals surface area (Å²) in [5, 5.41) is 13.3. The summed E-state index contributed by atoms with van der Waals surface area (Å²) in [6.07, 6.45) is 1.53. The zero-order chi connectivity index (χ0) is 15.7. The highest BCUT2D eigenvalue weighted by molar-refractivity contribution is 5.88. The van der Waals surface area contributed by atoms with Crippen LogP contribution in [0.1, 0.15) is 10.5 Å². The van der Waals surface area contributed by atoms with Crippen molar-refractivity contribution in [2.24, 2.45) is 0 Å². The van der Waals surface area contributed by atoms with Crippen LogP contribution in [0, 0.1) is 17.7 Å². The average Bonchev–Trinajstić information content (AvgIpc) is 2.93. The maximum Gasteiger partial charge on any atom is 0.354 e. The zero-order valence-corrected chi connectivity index (χ0v) is 11.0. The largest absolute Gasteiger partial charge is 0.477 e. The lowest BCUT2D eigenvalue weighted by Gasteiger charge is -2.12. The van der Waals surface area contributed by atoms with E-state index in [-0.39, 0.29) is 17.1 Å². The van der Waals surface area contributed by atoms with Crippen LogP contribution in [0.5, 0.6) is 0 Å². The van der Waals surface area contributed by atoms with Crippen molar-refractivity contribution in [1.29, 1.82) is 0 Å². The number of pyridine rings is 1. The molecule has 0 aliphatic rings. The van der Waals surface area contributed by atoms with Gasteiger partial charge in [-0.3, -0.25) is 13.8 Å². The van der Waals surface area contributed by atoms with Gasteiger partial charge in [0, 0.05) is 23.9 Å². The Hall–Kier alpha value is -3.09. The minimum absolute atomic E-state index is 0.259. The van der Waals surface area contributed by atoms with E-state index < -0.39 is 17.6 Å². The van der Waals surface area contributed by atoms with Crippen molar-refractivity contribution >= 4 is 5.97 Å². The van der Waals surface area contributed by atoms with E-state index in [4.69, 9.17) is 0 Å². The molecule has 0 saturated heterocycles. The number of carbonyl (C=O) groups is 1. The molecule has 2 heterocycles. The van der Waals surface area contributed by atoms with Gasteiger partial charge >= 0.3 is 5.97 Å². The Balaban J connectivity index is 2.18. The van der Waals surface area contributed by atoms with Gasteiger partial charge in [0.15, 0.2) is 0 Å². The Labute approximate surface area is 123 Å². The normalized spacial score (nSPS) is 10.6. The van der Waals surface area contributed by atoms with Crippen molar-refractivity contribution in [3.63, 3.8) is 0 Å². The molecule has 2 aromatic heterocycles. The highest BCUT2D eigenvalue weighted by Crippen LogP contribution is 2.21. The van der Waals surface area contributed by atoms with Crippen LogP contribution in [0.4, 0.5) is 8.78 Å². The molecule has 1 N–H and O–H groups in total. The molecule has 0 aliphatic carbocycles. The first-order chi connectivity index (χ1) is 10.6. The number of hydrogen-bond donors (Lipinski definition) is 1. The molecule has 5 nitrogen and oxygen atoms in total. The third-order valence-corrected chi connectivity index (χ3v) is 2.91. The Morgan fingerprint density at radius 3 is 2.68 bits per heavy atom. The molecule has 0 bridgehead atoms. The van der Waals surface area contributed by atoms with E-state index in [0.717, 1.165) is 10.7 Å². The van der Waals surface area contributed by atoms with E-state index in [2.05, 4.69) is 16.1 Å². The van der Waals surface area contributed by atoms with Crippen LogP contribution in [0.15, 0.2) is 42.6 Å². The van der Waals surface area contributed by atoms with Gasteiger partial charge in [0.05, 0.1) is 5.69 Å². The molecule has 7 heteroatoms. The zero-order valence-electron chi connectivity index (χ0n) is 11.0. The van der Waals surface area contributed by atoms with Gasteiger partial charge in [-0.05, 0) is 17.8 Å². The first kappa shape index (κ1) is 13.9. The fraction of sp³-hybridized carbons (Fsp3) is 0. The Morgan fingerprint density at radius 1 is 1.23 bits per heavy atom. The fourth-order valence-electron chi connectivity index (χ4n) is 1.94. The molecule has 0 radical (unpaired) electrons. The molecule has 3 aromatic rings. The van der Waals surface area contributed by atoms with Gasteiger partial charge in [-0.15, -0.1) is 12.1 Å². The topological polar surface area (TPSA) is 68.0 Å². The molecule has 0 saturated carbocycles. The van der Waals surface area contributed by atoms with E-state index in [0.29, 0.717) is 11.8 Å². The maximum absolute atomic E-state index is 13.9. The molecule has 0 spiro atoms. The van der Waals surface area contributed by atoms with Gasteiger partial charge in [0.2, 0.25) is 0 Å². The highest BCUT2D eigenvalue weighted by atomic mass is 19.1. The van der Waals surface area contributed by atoms with Gasteiger partial charge in [0.25, 0.3) is 0 Å². The number of halogens is 2. The van der Waals surface area contributed by atoms with Crippen molar-refractivity contribution in [1.82, 2.24) is 14.8 Å². The Kier molecular flexibility index (Phi) is 3.38. The monoisotopic (exact) mass is 300 g/mol. The summed E-state index contributed by atoms with van der Waals surface area (Å²) in [7, 11) is 0. The molecule has 0 fully saturated rings. The van der Waals surface area contributed by atoms with Crippen molar-refractivity contribution in [3.05, 3.63) is 66.0 Å². The molecule has 22 heavy (non-hydrogen) atoms. The lowest BCUT2D eigenvalue weighted by Crippen LogP contribution is -2.09. The van der Waals surface area contributed by atoms with E-state index in [1.165, 1.54) is 12.3 Å². The van der Waals surface area contributed by atoms with Gasteiger partial charge in [-0.2, -0.15) is 11.2 Å². The van der Waals surface area contributed by atoms with E-state index >= 15 is 0 Å². The highest BCUT2D eigenvalue weighted by Gasteiger charge is 2.16. The Morgan fingerprint density at radius 2 is 2.05 bits per heavy atom. The van der Waals surface area contributed by atoms with Crippen LogP contribution in [0.3, 0.4) is 0 Å². The molecular formula is C15H8F2N3O2-. The van der Waals surface area contributed by atoms with Gasteiger partial charge in [-0.1, -0.05) is 6.07 Å². The summed E-state index contributed by atoms with van der Waals surface area (Å²) in [6.45, 7) is 0. The predicted octanol–water partition coefficient (Wildman–Crippen LogP) is 2.71. The first-order valence-corrected chi connectivity index (χ1v) is 6.18. The second-order valence-electron chi connectivity index (χ2n) is 4.36. The van der Waals surface area contributed by atoms with Crippen molar-refractivity contribution in [3.8, 4) is 17.1 Å². The molecule has 0 unspecified atom stereocenters. The molecule has 0 amide bonds. The number of rotatable bonds is 3. The first-order valence-electron chi connectivity index (χ1n) is 6.18. The molecule has 110 valence electrons. The van der Waals surface area contributed by atoms with E-state index in [1.807, 2.05) is 0 Å². The molecule has 3 rings (SSSR count). The average molecular weight is 300 g/mol. The lowest BCUT2D eigenvalue weighted by atomic mass is 10.2. The minimum atomic E-state index is -1.30. The third kappa shape index (κ3) is 2.44. The van der Waals surface area contributed by atoms with Crippen molar-refractivity contribution < 1.29 is 18.7 Å². The third-order valence-electron chi connectivity index (χ3n) is 2.91. The standard InChI is InChI=1S/C15H8F2N3O2/c16-9-4-5-13(10(17)7-9)20-14(15(21)22)8-12(19-20)11-3-1-2-6-18-11/h1-4,6-8H,(H,21,22)/q-1. The van der Waals surface area contributed by atoms with Gasteiger partial charge < -0.3 is 5.11 Å². The van der Waals surface area contributed by atoms with E-state index in [1.54, 1.807) is 18.2 Å². The maximum atomic E-state index is 13.9. The number of aromatic carboxylic acids is 1. The van der Waals surface area contributed by atoms with Gasteiger partial charge in [0.1, 0.15) is 11.4 Å². The fourth-order valence-corrected chi connectivity index (χ4v) is 1.94. The summed E-state index contributed by atoms with van der Waals surface area (Å²) in [5.41, 5.74) is 0.143. The van der Waals surface area contributed by atoms with Crippen molar-refractivity contribution in [2.75, 3.05) is 0 Å². The smallest absolute Gasteiger partial charge is 0.354 e. The summed E-state index contributed by atoms with van der Waals surface area (Å²) in [6, 6.07) is 10.2. The van der Waals surface area contributed by atoms with Crippen molar-refractivity contribution in [2.45, 2.75) is 0 Å². The number of hydrogen-bond acceptors (Lipinski definition) is 3. The number of carboxylic acids is 1. The quantitative estimate of drug-likeness (QED) is 0.755. The predicted molar refractivity (Wildman–Crippen MR) is 72.5 cm³/mol. The Bertz CT molecular complexity index is 847. The van der Waals surface area contributed by atoms with Crippen LogP contribution in [-0.2, 0) is 0 Å². The summed E-state index contributed by atoms with van der Waals surface area (Å²) in [4.78, 5) is 15.4. The second-order valence-corrected chi connectivity index (χ2v) is 4.36. The van der Waals surface area contributed by atoms with Crippen LogP contribution >= 0.6 is 0 Å². The van der Waals surface area contributed by atoms with Crippen LogP contribution < -0.4 is 0 Å². The van der Waals surface area contributed by atoms with Gasteiger partial charge in [-0.25, -0.2) is 9.48 Å². The SMILES string of the molecule is O=C(O)c1cc(-c2ccccn2)nn1-c1[c-]cc(F)cc1F. The summed E-state index contributed by atoms with van der Waals surface area (Å²) < 4.78 is 27.7. The lowest BCUT2D eigenvalue weighted by molar-refractivity contribution is 0.0687. The second kappa shape index (κ2) is 5.36. The molecule has 0 atom stereocenters. The number of carboxylic acid groups (broad SMARTS) is 1. The molecule has 0 aliphatic heterocycles. The van der Waals surface area contributed by atoms with E-state index in [9.17, 15) is 18.7 Å². The molecular weight excluding hydrogens is 292 g/mol. The summed E-state index contributed by atoms with van der Waals surface area (Å²) in [5.74, 6) is -3.07. The molecule has 1 aromatic carbocycles. The number of aromatic nitrogens is 3. The number of nitrogens with zero attached hydrogens (tertiary/aromatic N) is 3. The van der Waals surface area contributed by atoms with Crippen LogP contribution in [-0.4, -0.2) is 25.8 Å². The van der Waals surface area contributed by atoms with Crippen LogP contribution in [0.25, 0.3) is 17.1 Å². The minimum Gasteiger partial charge on any atom is -0.477 e. The number of benzene rings is 1. The summed E-state index contributed by atoms with van der Waals surface area (Å²) >= 11 is 0. The van der Waals surface area contributed by atoms with Crippen LogP contribution in [0.2, 0.25) is 0 Å².